The first-order valence-electron chi connectivity index (χ1n) is 1.62. The van der Waals surface area contributed by atoms with Gasteiger partial charge in [-0.3, -0.25) is 5.73 Å². The van der Waals surface area contributed by atoms with E-state index in [0.29, 0.717) is 0 Å². The summed E-state index contributed by atoms with van der Waals surface area (Å²) in [6.45, 7) is 0. The number of alkyl halides is 1. The first kappa shape index (κ1) is 8.09. The Kier molecular flexibility index (Phi) is 1.82. The summed E-state index contributed by atoms with van der Waals surface area (Å²) in [7, 11) is 0. The minimum atomic E-state index is -3.20. The third kappa shape index (κ3) is 1.91. The molecule has 8 heavy (non-hydrogen) atoms. The Labute approximate surface area is 49.9 Å². The normalized spacial score (nSPS) is 14.2. The Morgan fingerprint density at radius 2 is 1.25 bits per heavy atom. The number of halogens is 1. The van der Waals surface area contributed by atoms with E-state index in [9.17, 15) is 0 Å². The molecule has 0 fully saturated rings. The largest absolute Gasteiger partial charge is 0.348 e. The van der Waals surface area contributed by atoms with Gasteiger partial charge in [-0.2, -0.15) is 0 Å². The van der Waals surface area contributed by atoms with Gasteiger partial charge in [-0.05, 0) is 11.6 Å². The fourth-order valence-corrected chi connectivity index (χ4v) is 0. The lowest BCUT2D eigenvalue weighted by Gasteiger charge is -2.24. The van der Waals surface area contributed by atoms with Crippen LogP contribution in [0.5, 0.6) is 0 Å². The van der Waals surface area contributed by atoms with Crippen LogP contribution in [0.2, 0.25) is 0 Å². The van der Waals surface area contributed by atoms with Gasteiger partial charge in [-0.15, -0.1) is 0 Å². The van der Waals surface area contributed by atoms with Gasteiger partial charge < -0.3 is 20.4 Å². The molecule has 0 aromatic carbocycles. The molecule has 0 radical (unpaired) electrons. The van der Waals surface area contributed by atoms with E-state index >= 15 is 0 Å². The fraction of sp³-hybridized carbons (Fsp3) is 1.00. The number of hydrogen-bond acceptors (Lipinski definition) is 5. The van der Waals surface area contributed by atoms with Crippen LogP contribution in [0, 0.1) is 0 Å². The third-order valence-corrected chi connectivity index (χ3v) is 0.746. The lowest BCUT2D eigenvalue weighted by molar-refractivity contribution is -0.311. The second-order valence-corrected chi connectivity index (χ2v) is 1.84. The van der Waals surface area contributed by atoms with Crippen molar-refractivity contribution in [2.75, 3.05) is 0 Å². The Hall–Kier alpha value is 0.0900. The predicted molar refractivity (Wildman–Crippen MR) is 24.4 cm³/mol. The molecule has 0 bridgehead atoms. The molecule has 0 aliphatic carbocycles. The maximum absolute atomic E-state index is 8.06. The van der Waals surface area contributed by atoms with E-state index in [-0.39, 0.29) is 0 Å². The van der Waals surface area contributed by atoms with Crippen LogP contribution in [-0.2, 0) is 0 Å². The molecule has 0 unspecified atom stereocenters. The molecule has 6 heteroatoms. The Morgan fingerprint density at radius 1 is 1.12 bits per heavy atom. The predicted octanol–water partition coefficient (Wildman–Crippen LogP) is -2.54. The van der Waals surface area contributed by atoms with Crippen molar-refractivity contribution in [3.63, 3.8) is 0 Å². The smallest absolute Gasteiger partial charge is 0.315 e. The second kappa shape index (κ2) is 1.80. The highest BCUT2D eigenvalue weighted by atomic mass is 35.5. The van der Waals surface area contributed by atoms with Gasteiger partial charge >= 0.3 is 5.25 Å². The fourth-order valence-electron chi connectivity index (χ4n) is 0. The molecule has 5 nitrogen and oxygen atoms in total. The number of rotatable bonds is 1. The van der Waals surface area contributed by atoms with Crippen LogP contribution in [-0.4, -0.2) is 31.6 Å². The molecule has 0 atom stereocenters. The SMILES string of the molecule is NC(O)(O)C(O)(O)Cl. The molecule has 0 heterocycles. The van der Waals surface area contributed by atoms with Crippen molar-refractivity contribution in [3.05, 3.63) is 0 Å². The molecule has 0 saturated carbocycles. The van der Waals surface area contributed by atoms with Crippen molar-refractivity contribution in [1.29, 1.82) is 0 Å². The number of hydrogen-bond donors (Lipinski definition) is 5. The van der Waals surface area contributed by atoms with Crippen molar-refractivity contribution < 1.29 is 20.4 Å². The van der Waals surface area contributed by atoms with Crippen LogP contribution in [0.25, 0.3) is 0 Å². The molecule has 6 N–H and O–H groups in total. The highest BCUT2D eigenvalue weighted by Gasteiger charge is 2.42. The zero-order valence-corrected chi connectivity index (χ0v) is 4.50. The van der Waals surface area contributed by atoms with Gasteiger partial charge in [-0.25, -0.2) is 0 Å². The monoisotopic (exact) mass is 143 g/mol. The quantitative estimate of drug-likeness (QED) is 0.205. The molecule has 50 valence electrons. The topological polar surface area (TPSA) is 107 Å². The van der Waals surface area contributed by atoms with E-state index in [0.717, 1.165) is 0 Å². The average molecular weight is 144 g/mol. The van der Waals surface area contributed by atoms with Gasteiger partial charge in [0.05, 0.1) is 0 Å². The van der Waals surface area contributed by atoms with Crippen LogP contribution >= 0.6 is 11.6 Å². The van der Waals surface area contributed by atoms with E-state index in [1.165, 1.54) is 0 Å². The zero-order valence-electron chi connectivity index (χ0n) is 3.74. The molecule has 0 spiro atoms. The van der Waals surface area contributed by atoms with E-state index < -0.39 is 11.2 Å². The standard InChI is InChI=1S/C2H6ClNO4/c3-1(5,6)2(4,7)8/h5-8H,4H2. The number of nitrogens with two attached hydrogens (primary N) is 1. The maximum atomic E-state index is 8.06. The van der Waals surface area contributed by atoms with Crippen LogP contribution in [0.15, 0.2) is 0 Å². The van der Waals surface area contributed by atoms with Gasteiger partial charge in [0.15, 0.2) is 0 Å². The number of aliphatic hydroxyl groups is 4. The summed E-state index contributed by atoms with van der Waals surface area (Å²) < 4.78 is 0. The zero-order chi connectivity index (χ0) is 7.00. The van der Waals surface area contributed by atoms with Crippen LogP contribution in [0.1, 0.15) is 0 Å². The molecule has 0 saturated heterocycles. The average Bonchev–Trinajstić information content (AvgIpc) is 1.25. The molecule has 0 aromatic rings. The van der Waals surface area contributed by atoms with Gasteiger partial charge in [-0.1, -0.05) is 0 Å². The summed E-state index contributed by atoms with van der Waals surface area (Å²) in [5.74, 6) is -3.19. The van der Waals surface area contributed by atoms with E-state index in [1.807, 2.05) is 0 Å². The van der Waals surface area contributed by atoms with Crippen molar-refractivity contribution in [2.45, 2.75) is 11.2 Å². The Balaban J connectivity index is 4.02. The second-order valence-electron chi connectivity index (χ2n) is 1.31. The van der Waals surface area contributed by atoms with Gasteiger partial charge in [0.25, 0.3) is 5.91 Å². The van der Waals surface area contributed by atoms with E-state index in [4.69, 9.17) is 20.4 Å². The Morgan fingerprint density at radius 3 is 1.25 bits per heavy atom. The summed E-state index contributed by atoms with van der Waals surface area (Å²) in [6, 6.07) is 0. The van der Waals surface area contributed by atoms with Crippen molar-refractivity contribution in [3.8, 4) is 0 Å². The molecular formula is C2H6ClNO4. The van der Waals surface area contributed by atoms with Crippen molar-refractivity contribution in [2.24, 2.45) is 5.73 Å². The minimum Gasteiger partial charge on any atom is -0.348 e. The van der Waals surface area contributed by atoms with Crippen LogP contribution in [0.4, 0.5) is 0 Å². The molecular weight excluding hydrogens is 137 g/mol. The highest BCUT2D eigenvalue weighted by molar-refractivity contribution is 6.22. The molecule has 0 amide bonds. The van der Waals surface area contributed by atoms with Crippen LogP contribution < -0.4 is 5.73 Å². The maximum Gasteiger partial charge on any atom is 0.315 e. The lowest BCUT2D eigenvalue weighted by Crippen LogP contribution is -2.57. The highest BCUT2D eigenvalue weighted by Crippen LogP contribution is 2.14. The summed E-state index contributed by atoms with van der Waals surface area (Å²) in [5, 5.41) is 29.0. The van der Waals surface area contributed by atoms with E-state index in [1.54, 1.807) is 0 Å². The van der Waals surface area contributed by atoms with Crippen molar-refractivity contribution in [1.82, 2.24) is 0 Å². The van der Waals surface area contributed by atoms with Crippen LogP contribution in [0.3, 0.4) is 0 Å². The first-order chi connectivity index (χ1) is 3.25. The summed E-state index contributed by atoms with van der Waals surface area (Å²) in [4.78, 5) is 0. The Bertz CT molecular complexity index is 69.0. The molecule has 0 aromatic heterocycles. The molecule has 0 aliphatic heterocycles. The summed E-state index contributed by atoms with van der Waals surface area (Å²) in [6.07, 6.45) is 0. The third-order valence-electron chi connectivity index (χ3n) is 0.468. The summed E-state index contributed by atoms with van der Waals surface area (Å²) >= 11 is 4.50. The van der Waals surface area contributed by atoms with Gasteiger partial charge in [0.1, 0.15) is 0 Å². The minimum absolute atomic E-state index is 3.19. The van der Waals surface area contributed by atoms with Gasteiger partial charge in [0, 0.05) is 0 Å². The lowest BCUT2D eigenvalue weighted by atomic mass is 10.5. The van der Waals surface area contributed by atoms with E-state index in [2.05, 4.69) is 17.3 Å². The summed E-state index contributed by atoms with van der Waals surface area (Å²) in [5.41, 5.74) is 4.29. The first-order valence-corrected chi connectivity index (χ1v) is 2.00. The van der Waals surface area contributed by atoms with Gasteiger partial charge in [0.2, 0.25) is 0 Å². The van der Waals surface area contributed by atoms with Crippen molar-refractivity contribution >= 4 is 11.6 Å². The molecule has 0 rings (SSSR count). The molecule has 0 aliphatic rings.